The van der Waals surface area contributed by atoms with E-state index in [1.54, 1.807) is 17.9 Å². The van der Waals surface area contributed by atoms with Crippen LogP contribution in [0.3, 0.4) is 0 Å². The Morgan fingerprint density at radius 2 is 1.89 bits per heavy atom. The van der Waals surface area contributed by atoms with Gasteiger partial charge in [-0.3, -0.25) is 9.69 Å². The van der Waals surface area contributed by atoms with Gasteiger partial charge in [-0.2, -0.15) is 13.2 Å². The molecule has 1 unspecified atom stereocenters. The van der Waals surface area contributed by atoms with Crippen molar-refractivity contribution in [3.8, 4) is 0 Å². The van der Waals surface area contributed by atoms with Crippen LogP contribution < -0.4 is 5.32 Å². The first kappa shape index (κ1) is 20.3. The lowest BCUT2D eigenvalue weighted by atomic mass is 10.0. The molecular formula is C20H19F5N2O. The van der Waals surface area contributed by atoms with E-state index in [0.717, 1.165) is 43.2 Å². The van der Waals surface area contributed by atoms with Crippen molar-refractivity contribution in [3.05, 3.63) is 65.2 Å². The maximum absolute atomic E-state index is 13.7. The molecule has 8 heteroatoms. The molecule has 1 aliphatic rings. The van der Waals surface area contributed by atoms with Gasteiger partial charge in [-0.05, 0) is 49.6 Å². The topological polar surface area (TPSA) is 32.3 Å². The summed E-state index contributed by atoms with van der Waals surface area (Å²) in [4.78, 5) is 14.1. The van der Waals surface area contributed by atoms with Crippen LogP contribution in [0.2, 0.25) is 0 Å². The van der Waals surface area contributed by atoms with Crippen molar-refractivity contribution in [1.29, 1.82) is 0 Å². The molecule has 0 spiro atoms. The van der Waals surface area contributed by atoms with E-state index in [4.69, 9.17) is 0 Å². The molecule has 3 rings (SSSR count). The summed E-state index contributed by atoms with van der Waals surface area (Å²) >= 11 is 0. The number of hydrogen-bond donors (Lipinski definition) is 1. The summed E-state index contributed by atoms with van der Waals surface area (Å²) in [7, 11) is 0. The number of carbonyl (C=O) groups excluding carboxylic acids is 1. The van der Waals surface area contributed by atoms with Crippen molar-refractivity contribution in [2.45, 2.75) is 38.0 Å². The van der Waals surface area contributed by atoms with E-state index in [9.17, 15) is 26.7 Å². The number of alkyl halides is 3. The zero-order chi connectivity index (χ0) is 20.5. The third kappa shape index (κ3) is 4.86. The average Bonchev–Trinajstić information content (AvgIpc) is 3.46. The third-order valence-corrected chi connectivity index (χ3v) is 4.74. The molecule has 2 aromatic rings. The van der Waals surface area contributed by atoms with Crippen molar-refractivity contribution in [2.75, 3.05) is 11.9 Å². The van der Waals surface area contributed by atoms with Crippen LogP contribution in [0.25, 0.3) is 0 Å². The summed E-state index contributed by atoms with van der Waals surface area (Å²) in [5.41, 5.74) is -0.585. The van der Waals surface area contributed by atoms with Crippen LogP contribution in [-0.2, 0) is 11.0 Å². The molecule has 0 aliphatic heterocycles. The second kappa shape index (κ2) is 7.87. The van der Waals surface area contributed by atoms with E-state index >= 15 is 0 Å². The Labute approximate surface area is 159 Å². The van der Waals surface area contributed by atoms with Crippen molar-refractivity contribution >= 4 is 11.6 Å². The monoisotopic (exact) mass is 398 g/mol. The highest BCUT2D eigenvalue weighted by Crippen LogP contribution is 2.36. The molecule has 0 saturated heterocycles. The Balaban J connectivity index is 1.75. The first-order valence-electron chi connectivity index (χ1n) is 8.83. The number of benzene rings is 2. The molecule has 1 fully saturated rings. The fourth-order valence-corrected chi connectivity index (χ4v) is 3.10. The van der Waals surface area contributed by atoms with Crippen molar-refractivity contribution in [2.24, 2.45) is 0 Å². The number of hydrogen-bond acceptors (Lipinski definition) is 2. The van der Waals surface area contributed by atoms with Gasteiger partial charge in [0.25, 0.3) is 0 Å². The van der Waals surface area contributed by atoms with E-state index in [1.807, 2.05) is 0 Å². The Hall–Kier alpha value is -2.48. The van der Waals surface area contributed by atoms with Gasteiger partial charge >= 0.3 is 6.18 Å². The summed E-state index contributed by atoms with van der Waals surface area (Å²) in [5, 5.41) is 2.33. The fraction of sp³-hybridized carbons (Fsp3) is 0.350. The van der Waals surface area contributed by atoms with E-state index in [2.05, 4.69) is 5.32 Å². The number of halogens is 5. The Morgan fingerprint density at radius 1 is 1.18 bits per heavy atom. The zero-order valence-electron chi connectivity index (χ0n) is 15.1. The number of anilines is 1. The summed E-state index contributed by atoms with van der Waals surface area (Å²) in [6.45, 7) is 1.59. The maximum Gasteiger partial charge on any atom is 0.416 e. The largest absolute Gasteiger partial charge is 0.416 e. The van der Waals surface area contributed by atoms with Crippen molar-refractivity contribution in [3.63, 3.8) is 0 Å². The Bertz CT molecular complexity index is 864. The summed E-state index contributed by atoms with van der Waals surface area (Å²) < 4.78 is 65.9. The van der Waals surface area contributed by atoms with Crippen LogP contribution in [0, 0.1) is 11.6 Å². The summed E-state index contributed by atoms with van der Waals surface area (Å²) in [6.07, 6.45) is -2.80. The van der Waals surface area contributed by atoms with Gasteiger partial charge in [0.1, 0.15) is 11.6 Å². The molecule has 28 heavy (non-hydrogen) atoms. The lowest BCUT2D eigenvalue weighted by Gasteiger charge is -2.29. The second-order valence-electron chi connectivity index (χ2n) is 6.88. The van der Waals surface area contributed by atoms with Gasteiger partial charge in [0, 0.05) is 18.2 Å². The van der Waals surface area contributed by atoms with Crippen molar-refractivity contribution < 1.29 is 26.7 Å². The second-order valence-corrected chi connectivity index (χ2v) is 6.88. The molecule has 1 atom stereocenters. The number of rotatable bonds is 6. The van der Waals surface area contributed by atoms with Gasteiger partial charge in [0.05, 0.1) is 17.8 Å². The highest BCUT2D eigenvalue weighted by molar-refractivity contribution is 5.92. The lowest BCUT2D eigenvalue weighted by Crippen LogP contribution is -2.37. The van der Waals surface area contributed by atoms with Gasteiger partial charge in [0.15, 0.2) is 0 Å². The number of carbonyl (C=O) groups is 1. The molecule has 0 heterocycles. The summed E-state index contributed by atoms with van der Waals surface area (Å²) in [6, 6.07) is 7.34. The van der Waals surface area contributed by atoms with Crippen molar-refractivity contribution in [1.82, 2.24) is 4.90 Å². The number of nitrogens with one attached hydrogen (secondary N) is 1. The molecule has 0 bridgehead atoms. The molecule has 1 aliphatic carbocycles. The van der Waals surface area contributed by atoms with Gasteiger partial charge in [-0.1, -0.05) is 12.1 Å². The van der Waals surface area contributed by atoms with E-state index < -0.39 is 35.3 Å². The van der Waals surface area contributed by atoms with E-state index in [0.29, 0.717) is 5.56 Å². The minimum Gasteiger partial charge on any atom is -0.322 e. The molecule has 150 valence electrons. The molecule has 2 aromatic carbocycles. The van der Waals surface area contributed by atoms with E-state index in [1.165, 1.54) is 6.07 Å². The normalized spacial score (nSPS) is 15.5. The molecule has 0 aromatic heterocycles. The van der Waals surface area contributed by atoms with Crippen LogP contribution in [0.1, 0.15) is 36.9 Å². The third-order valence-electron chi connectivity index (χ3n) is 4.74. The van der Waals surface area contributed by atoms with Gasteiger partial charge in [-0.15, -0.1) is 0 Å². The highest BCUT2D eigenvalue weighted by atomic mass is 19.4. The zero-order valence-corrected chi connectivity index (χ0v) is 15.1. The van der Waals surface area contributed by atoms with Gasteiger partial charge in [0.2, 0.25) is 5.91 Å². The van der Waals surface area contributed by atoms with Gasteiger partial charge in [-0.25, -0.2) is 8.78 Å². The smallest absolute Gasteiger partial charge is 0.322 e. The molecular weight excluding hydrogens is 379 g/mol. The molecule has 0 radical (unpaired) electrons. The molecule has 3 nitrogen and oxygen atoms in total. The SMILES string of the molecule is CC(c1cccc(C(F)(F)F)c1)N(CC(=O)Nc1cc(F)ccc1F)C1CC1. The molecule has 1 saturated carbocycles. The van der Waals surface area contributed by atoms with E-state index in [-0.39, 0.29) is 18.3 Å². The fourth-order valence-electron chi connectivity index (χ4n) is 3.10. The lowest BCUT2D eigenvalue weighted by molar-refractivity contribution is -0.137. The first-order valence-corrected chi connectivity index (χ1v) is 8.83. The first-order chi connectivity index (χ1) is 13.1. The van der Waals surface area contributed by atoms with Crippen LogP contribution >= 0.6 is 0 Å². The predicted molar refractivity (Wildman–Crippen MR) is 94.6 cm³/mol. The molecule has 1 amide bonds. The minimum atomic E-state index is -4.45. The Kier molecular flexibility index (Phi) is 5.69. The predicted octanol–water partition coefficient (Wildman–Crippen LogP) is 5.15. The minimum absolute atomic E-state index is 0.0626. The van der Waals surface area contributed by atoms with Crippen LogP contribution in [0.5, 0.6) is 0 Å². The highest BCUT2D eigenvalue weighted by Gasteiger charge is 2.35. The average molecular weight is 398 g/mol. The molecule has 1 N–H and O–H groups in total. The van der Waals surface area contributed by atoms with Gasteiger partial charge < -0.3 is 5.32 Å². The quantitative estimate of drug-likeness (QED) is 0.683. The number of amides is 1. The summed E-state index contributed by atoms with van der Waals surface area (Å²) in [5.74, 6) is -2.01. The van der Waals surface area contributed by atoms with Crippen LogP contribution in [-0.4, -0.2) is 23.4 Å². The Morgan fingerprint density at radius 3 is 2.54 bits per heavy atom. The van der Waals surface area contributed by atoms with Crippen LogP contribution in [0.15, 0.2) is 42.5 Å². The number of nitrogens with zero attached hydrogens (tertiary/aromatic N) is 1. The standard InChI is InChI=1S/C20H19F5N2O/c1-12(13-3-2-4-14(9-13)20(23,24)25)27(16-6-7-16)11-19(28)26-18-10-15(21)5-8-17(18)22/h2-5,8-10,12,16H,6-7,11H2,1H3,(H,26,28). The van der Waals surface area contributed by atoms with Crippen LogP contribution in [0.4, 0.5) is 27.6 Å². The maximum atomic E-state index is 13.7.